The molecule has 0 saturated heterocycles. The van der Waals surface area contributed by atoms with Gasteiger partial charge in [-0.1, -0.05) is 42.5 Å². The zero-order valence-corrected chi connectivity index (χ0v) is 13.6. The molecule has 124 valence electrons. The lowest BCUT2D eigenvalue weighted by molar-refractivity contribution is 0.124. The quantitative estimate of drug-likeness (QED) is 0.699. The van der Waals surface area contributed by atoms with Crippen molar-refractivity contribution in [1.29, 1.82) is 0 Å². The molecular weight excluding hydrogens is 290 g/mol. The third kappa shape index (κ3) is 6.02. The summed E-state index contributed by atoms with van der Waals surface area (Å²) in [5, 5.41) is 19.0. The van der Waals surface area contributed by atoms with E-state index in [1.807, 2.05) is 61.6 Å². The Kier molecular flexibility index (Phi) is 7.07. The largest absolute Gasteiger partial charge is 0.494 e. The molecule has 4 heteroatoms. The molecule has 0 amide bonds. The topological polar surface area (TPSA) is 52.9 Å². The highest BCUT2D eigenvalue weighted by molar-refractivity contribution is 5.27. The van der Waals surface area contributed by atoms with Crippen molar-refractivity contribution >= 4 is 0 Å². The van der Waals surface area contributed by atoms with E-state index in [1.165, 1.54) is 5.56 Å². The van der Waals surface area contributed by atoms with Gasteiger partial charge in [-0.05, 0) is 30.3 Å². The summed E-state index contributed by atoms with van der Waals surface area (Å²) in [6, 6.07) is 17.6. The Morgan fingerprint density at radius 2 is 1.74 bits per heavy atom. The second-order valence-electron chi connectivity index (χ2n) is 5.69. The molecule has 0 aliphatic carbocycles. The Hall–Kier alpha value is -1.88. The molecule has 0 aliphatic rings. The van der Waals surface area contributed by atoms with Crippen molar-refractivity contribution in [2.24, 2.45) is 0 Å². The number of aliphatic hydroxyl groups excluding tert-OH is 2. The van der Waals surface area contributed by atoms with Gasteiger partial charge in [0.25, 0.3) is 0 Å². The van der Waals surface area contributed by atoms with Crippen LogP contribution in [0.4, 0.5) is 0 Å². The molecule has 0 saturated carbocycles. The summed E-state index contributed by atoms with van der Waals surface area (Å²) in [7, 11) is 2.00. The van der Waals surface area contributed by atoms with Crippen molar-refractivity contribution in [3.63, 3.8) is 0 Å². The number of hydrogen-bond acceptors (Lipinski definition) is 4. The molecule has 0 fully saturated rings. The van der Waals surface area contributed by atoms with Crippen LogP contribution in [0.3, 0.4) is 0 Å². The van der Waals surface area contributed by atoms with Crippen molar-refractivity contribution in [3.05, 3.63) is 65.7 Å². The first-order valence-electron chi connectivity index (χ1n) is 7.93. The predicted molar refractivity (Wildman–Crippen MR) is 91.4 cm³/mol. The van der Waals surface area contributed by atoms with E-state index >= 15 is 0 Å². The molecule has 2 N–H and O–H groups in total. The number of ether oxygens (including phenoxy) is 1. The van der Waals surface area contributed by atoms with E-state index in [9.17, 15) is 5.11 Å². The summed E-state index contributed by atoms with van der Waals surface area (Å²) in [5.41, 5.74) is 2.11. The van der Waals surface area contributed by atoms with Gasteiger partial charge >= 0.3 is 0 Å². The second-order valence-corrected chi connectivity index (χ2v) is 5.69. The van der Waals surface area contributed by atoms with Crippen LogP contribution >= 0.6 is 0 Å². The monoisotopic (exact) mass is 315 g/mol. The third-order valence-electron chi connectivity index (χ3n) is 3.62. The lowest BCUT2D eigenvalue weighted by Crippen LogP contribution is -2.24. The van der Waals surface area contributed by atoms with Crippen molar-refractivity contribution < 1.29 is 14.9 Å². The molecule has 2 rings (SSSR count). The van der Waals surface area contributed by atoms with Crippen LogP contribution in [0.5, 0.6) is 5.75 Å². The first-order valence-corrected chi connectivity index (χ1v) is 7.93. The molecule has 0 unspecified atom stereocenters. The van der Waals surface area contributed by atoms with Crippen LogP contribution in [0.2, 0.25) is 0 Å². The minimum atomic E-state index is -0.484. The molecule has 2 aromatic rings. The van der Waals surface area contributed by atoms with E-state index in [4.69, 9.17) is 9.84 Å². The number of rotatable bonds is 9. The zero-order chi connectivity index (χ0) is 16.5. The molecule has 0 aliphatic heterocycles. The van der Waals surface area contributed by atoms with Crippen LogP contribution < -0.4 is 4.74 Å². The maximum Gasteiger partial charge on any atom is 0.119 e. The van der Waals surface area contributed by atoms with E-state index < -0.39 is 6.10 Å². The molecule has 0 bridgehead atoms. The van der Waals surface area contributed by atoms with Crippen LogP contribution in [0.25, 0.3) is 0 Å². The summed E-state index contributed by atoms with van der Waals surface area (Å²) in [5.74, 6) is 0.814. The fourth-order valence-electron chi connectivity index (χ4n) is 2.40. The van der Waals surface area contributed by atoms with Crippen molar-refractivity contribution in [2.45, 2.75) is 19.1 Å². The van der Waals surface area contributed by atoms with Gasteiger partial charge in [-0.25, -0.2) is 0 Å². The Morgan fingerprint density at radius 3 is 2.39 bits per heavy atom. The number of benzene rings is 2. The first-order chi connectivity index (χ1) is 11.2. The maximum absolute atomic E-state index is 10.3. The van der Waals surface area contributed by atoms with Crippen LogP contribution in [-0.2, 0) is 6.54 Å². The van der Waals surface area contributed by atoms with Gasteiger partial charge in [-0.2, -0.15) is 0 Å². The van der Waals surface area contributed by atoms with Gasteiger partial charge < -0.3 is 14.9 Å². The Balaban J connectivity index is 1.81. The van der Waals surface area contributed by atoms with Crippen LogP contribution in [0.1, 0.15) is 23.7 Å². The van der Waals surface area contributed by atoms with Gasteiger partial charge in [0.1, 0.15) is 5.75 Å². The molecular formula is C19H25NO3. The van der Waals surface area contributed by atoms with E-state index in [0.29, 0.717) is 19.6 Å². The average Bonchev–Trinajstić information content (AvgIpc) is 2.57. The highest BCUT2D eigenvalue weighted by Gasteiger charge is 2.10. The molecule has 2 aromatic carbocycles. The van der Waals surface area contributed by atoms with Gasteiger partial charge in [0.05, 0.1) is 12.7 Å². The third-order valence-corrected chi connectivity index (χ3v) is 3.62. The normalized spacial score (nSPS) is 12.3. The van der Waals surface area contributed by atoms with Gasteiger partial charge in [-0.15, -0.1) is 0 Å². The molecule has 1 atom stereocenters. The fraction of sp³-hybridized carbons (Fsp3) is 0.368. The number of nitrogens with zero attached hydrogens (tertiary/aromatic N) is 1. The number of likely N-dealkylation sites (N-methyl/N-ethyl adjacent to an activating group) is 1. The van der Waals surface area contributed by atoms with Crippen molar-refractivity contribution in [1.82, 2.24) is 4.90 Å². The first kappa shape index (κ1) is 17.5. The van der Waals surface area contributed by atoms with E-state index in [0.717, 1.165) is 17.9 Å². The highest BCUT2D eigenvalue weighted by atomic mass is 16.5. The van der Waals surface area contributed by atoms with Gasteiger partial charge in [0, 0.05) is 26.1 Å². The van der Waals surface area contributed by atoms with E-state index in [1.54, 1.807) is 0 Å². The Morgan fingerprint density at radius 1 is 1.04 bits per heavy atom. The van der Waals surface area contributed by atoms with Crippen molar-refractivity contribution in [2.75, 3.05) is 26.8 Å². The highest BCUT2D eigenvalue weighted by Crippen LogP contribution is 2.16. The summed E-state index contributed by atoms with van der Waals surface area (Å²) in [6.45, 7) is 2.02. The molecule has 4 nitrogen and oxygen atoms in total. The number of aliphatic hydroxyl groups is 2. The molecule has 0 radical (unpaired) electrons. The van der Waals surface area contributed by atoms with Gasteiger partial charge in [0.15, 0.2) is 0 Å². The van der Waals surface area contributed by atoms with E-state index in [2.05, 4.69) is 4.90 Å². The van der Waals surface area contributed by atoms with Crippen LogP contribution in [-0.4, -0.2) is 41.9 Å². The van der Waals surface area contributed by atoms with E-state index in [-0.39, 0.29) is 6.61 Å². The zero-order valence-electron chi connectivity index (χ0n) is 13.6. The lowest BCUT2D eigenvalue weighted by atomic mass is 10.1. The molecule has 0 heterocycles. The Labute approximate surface area is 138 Å². The molecule has 0 aromatic heterocycles. The second kappa shape index (κ2) is 9.30. The standard InChI is InChI=1S/C19H25NO3/c1-20(15-19(22)17-6-3-2-4-7-17)14-16-8-10-18(11-9-16)23-13-5-12-21/h2-4,6-11,19,21-22H,5,12-15H2,1H3/t19-/m0/s1. The van der Waals surface area contributed by atoms with Crippen LogP contribution in [0.15, 0.2) is 54.6 Å². The minimum absolute atomic E-state index is 0.145. The minimum Gasteiger partial charge on any atom is -0.494 e. The fourth-order valence-corrected chi connectivity index (χ4v) is 2.40. The maximum atomic E-state index is 10.3. The number of hydrogen-bond donors (Lipinski definition) is 2. The SMILES string of the molecule is CN(Cc1ccc(OCCCO)cc1)C[C@H](O)c1ccccc1. The molecule has 23 heavy (non-hydrogen) atoms. The Bertz CT molecular complexity index is 557. The van der Waals surface area contributed by atoms with Crippen molar-refractivity contribution in [3.8, 4) is 5.75 Å². The molecule has 0 spiro atoms. The smallest absolute Gasteiger partial charge is 0.119 e. The lowest BCUT2D eigenvalue weighted by Gasteiger charge is -2.21. The van der Waals surface area contributed by atoms with Gasteiger partial charge in [-0.3, -0.25) is 4.90 Å². The average molecular weight is 315 g/mol. The summed E-state index contributed by atoms with van der Waals surface area (Å²) in [4.78, 5) is 2.10. The van der Waals surface area contributed by atoms with Crippen LogP contribution in [0, 0.1) is 0 Å². The summed E-state index contributed by atoms with van der Waals surface area (Å²) < 4.78 is 5.52. The summed E-state index contributed by atoms with van der Waals surface area (Å²) in [6.07, 6.45) is 0.157. The van der Waals surface area contributed by atoms with Gasteiger partial charge in [0.2, 0.25) is 0 Å². The summed E-state index contributed by atoms with van der Waals surface area (Å²) >= 11 is 0. The predicted octanol–water partition coefficient (Wildman–Crippen LogP) is 2.61.